The fourth-order valence-electron chi connectivity index (χ4n) is 1.33. The van der Waals surface area contributed by atoms with E-state index in [4.69, 9.17) is 0 Å². The van der Waals surface area contributed by atoms with E-state index < -0.39 is 0 Å². The standard InChI is InChI=1S/C14H11N/c1-2-3-4-8-13-11-10-12-7-5-6-9-14(12)15-13/h2-3,5-7,9-11H,1H3/b3-2+. The maximum atomic E-state index is 4.44. The zero-order valence-corrected chi connectivity index (χ0v) is 8.57. The molecule has 0 saturated carbocycles. The summed E-state index contributed by atoms with van der Waals surface area (Å²) >= 11 is 0. The Kier molecular flexibility index (Phi) is 2.80. The third-order valence-electron chi connectivity index (χ3n) is 2.05. The first-order valence-electron chi connectivity index (χ1n) is 4.88. The molecule has 15 heavy (non-hydrogen) atoms. The summed E-state index contributed by atoms with van der Waals surface area (Å²) in [6, 6.07) is 12.0. The van der Waals surface area contributed by atoms with Gasteiger partial charge < -0.3 is 0 Å². The maximum absolute atomic E-state index is 4.44. The van der Waals surface area contributed by atoms with Crippen LogP contribution in [0.5, 0.6) is 0 Å². The maximum Gasteiger partial charge on any atom is 0.114 e. The van der Waals surface area contributed by atoms with Gasteiger partial charge in [0.15, 0.2) is 0 Å². The second-order valence-electron chi connectivity index (χ2n) is 3.16. The highest BCUT2D eigenvalue weighted by molar-refractivity contribution is 5.78. The van der Waals surface area contributed by atoms with Gasteiger partial charge in [-0.05, 0) is 31.1 Å². The van der Waals surface area contributed by atoms with Crippen molar-refractivity contribution in [2.75, 3.05) is 0 Å². The summed E-state index contributed by atoms with van der Waals surface area (Å²) in [5, 5.41) is 1.15. The van der Waals surface area contributed by atoms with Crippen molar-refractivity contribution >= 4 is 10.9 Å². The Morgan fingerprint density at radius 3 is 2.87 bits per heavy atom. The van der Waals surface area contributed by atoms with E-state index in [0.29, 0.717) is 0 Å². The number of nitrogens with zero attached hydrogens (tertiary/aromatic N) is 1. The molecule has 0 aliphatic heterocycles. The summed E-state index contributed by atoms with van der Waals surface area (Å²) in [5.74, 6) is 5.91. The van der Waals surface area contributed by atoms with E-state index in [1.165, 1.54) is 0 Å². The minimum absolute atomic E-state index is 0.812. The van der Waals surface area contributed by atoms with Crippen LogP contribution in [-0.4, -0.2) is 4.98 Å². The average molecular weight is 193 g/mol. The Labute approximate surface area is 89.5 Å². The number of rotatable bonds is 0. The van der Waals surface area contributed by atoms with E-state index in [0.717, 1.165) is 16.6 Å². The molecule has 72 valence electrons. The molecule has 0 atom stereocenters. The zero-order valence-electron chi connectivity index (χ0n) is 8.57. The van der Waals surface area contributed by atoms with E-state index in [-0.39, 0.29) is 0 Å². The number of allylic oxidation sites excluding steroid dienone is 2. The van der Waals surface area contributed by atoms with Gasteiger partial charge in [-0.25, -0.2) is 4.98 Å². The van der Waals surface area contributed by atoms with Gasteiger partial charge in [-0.15, -0.1) is 0 Å². The molecule has 0 fully saturated rings. The highest BCUT2D eigenvalue weighted by Crippen LogP contribution is 2.10. The molecular formula is C14H11N. The Balaban J connectivity index is 2.44. The van der Waals surface area contributed by atoms with Crippen molar-refractivity contribution < 1.29 is 0 Å². The molecule has 0 amide bonds. The second-order valence-corrected chi connectivity index (χ2v) is 3.16. The monoisotopic (exact) mass is 193 g/mol. The lowest BCUT2D eigenvalue weighted by molar-refractivity contribution is 1.36. The molecule has 0 aliphatic rings. The van der Waals surface area contributed by atoms with Gasteiger partial charge >= 0.3 is 0 Å². The van der Waals surface area contributed by atoms with E-state index in [1.807, 2.05) is 55.5 Å². The van der Waals surface area contributed by atoms with Crippen molar-refractivity contribution in [3.63, 3.8) is 0 Å². The first-order valence-corrected chi connectivity index (χ1v) is 4.88. The van der Waals surface area contributed by atoms with E-state index in [1.54, 1.807) is 0 Å². The first kappa shape index (κ1) is 9.48. The van der Waals surface area contributed by atoms with Crippen LogP contribution in [0, 0.1) is 11.8 Å². The Bertz CT molecular complexity index is 556. The summed E-state index contributed by atoms with van der Waals surface area (Å²) in [4.78, 5) is 4.44. The minimum atomic E-state index is 0.812. The van der Waals surface area contributed by atoms with E-state index in [2.05, 4.69) is 16.8 Å². The van der Waals surface area contributed by atoms with Gasteiger partial charge in [0.1, 0.15) is 5.69 Å². The van der Waals surface area contributed by atoms with Crippen LogP contribution < -0.4 is 0 Å². The molecule has 2 aromatic rings. The van der Waals surface area contributed by atoms with Crippen molar-refractivity contribution in [1.29, 1.82) is 0 Å². The SMILES string of the molecule is C/C=C/C#Cc1ccc2ccccc2n1. The first-order chi connectivity index (χ1) is 7.40. The quantitative estimate of drug-likeness (QED) is 0.586. The minimum Gasteiger partial charge on any atom is -0.239 e. The lowest BCUT2D eigenvalue weighted by Crippen LogP contribution is -1.83. The molecule has 1 nitrogen and oxygen atoms in total. The van der Waals surface area contributed by atoms with E-state index >= 15 is 0 Å². The van der Waals surface area contributed by atoms with Crippen LogP contribution in [0.1, 0.15) is 12.6 Å². The molecule has 0 spiro atoms. The summed E-state index contributed by atoms with van der Waals surface area (Å²) in [7, 11) is 0. The molecule has 0 unspecified atom stereocenters. The molecule has 1 aromatic heterocycles. The summed E-state index contributed by atoms with van der Waals surface area (Å²) in [6.45, 7) is 1.95. The zero-order chi connectivity index (χ0) is 10.5. The van der Waals surface area contributed by atoms with Crippen LogP contribution in [0.25, 0.3) is 10.9 Å². The number of aromatic nitrogens is 1. The molecule has 0 bridgehead atoms. The fraction of sp³-hybridized carbons (Fsp3) is 0.0714. The molecule has 1 heteroatoms. The van der Waals surface area contributed by atoms with Crippen molar-refractivity contribution in [2.45, 2.75) is 6.92 Å². The van der Waals surface area contributed by atoms with Gasteiger partial charge in [0.05, 0.1) is 5.52 Å². The number of pyridine rings is 1. The van der Waals surface area contributed by atoms with Crippen molar-refractivity contribution in [1.82, 2.24) is 4.98 Å². The number of benzene rings is 1. The summed E-state index contributed by atoms with van der Waals surface area (Å²) in [6.07, 6.45) is 3.73. The number of hydrogen-bond acceptors (Lipinski definition) is 1. The van der Waals surface area contributed by atoms with Gasteiger partial charge in [0, 0.05) is 5.39 Å². The van der Waals surface area contributed by atoms with Crippen LogP contribution in [0.15, 0.2) is 48.6 Å². The Morgan fingerprint density at radius 2 is 2.00 bits per heavy atom. The molecule has 2 rings (SSSR count). The molecule has 1 heterocycles. The second kappa shape index (κ2) is 4.43. The number of hydrogen-bond donors (Lipinski definition) is 0. The topological polar surface area (TPSA) is 12.9 Å². The predicted molar refractivity (Wildman–Crippen MR) is 63.4 cm³/mol. The van der Waals surface area contributed by atoms with Crippen LogP contribution in [-0.2, 0) is 0 Å². The number of fused-ring (bicyclic) bond motifs is 1. The molecule has 0 saturated heterocycles. The predicted octanol–water partition coefficient (Wildman–Crippen LogP) is 3.16. The fourth-order valence-corrected chi connectivity index (χ4v) is 1.33. The van der Waals surface area contributed by atoms with Crippen molar-refractivity contribution in [3.05, 3.63) is 54.2 Å². The molecule has 1 aromatic carbocycles. The van der Waals surface area contributed by atoms with Gasteiger partial charge in [-0.1, -0.05) is 36.3 Å². The molecule has 0 radical (unpaired) electrons. The Hall–Kier alpha value is -2.07. The van der Waals surface area contributed by atoms with Crippen molar-refractivity contribution in [3.8, 4) is 11.8 Å². The van der Waals surface area contributed by atoms with Crippen LogP contribution in [0.3, 0.4) is 0 Å². The summed E-state index contributed by atoms with van der Waals surface area (Å²) < 4.78 is 0. The lowest BCUT2D eigenvalue weighted by Gasteiger charge is -1.95. The van der Waals surface area contributed by atoms with Gasteiger partial charge in [-0.2, -0.15) is 0 Å². The van der Waals surface area contributed by atoms with Crippen LogP contribution in [0.4, 0.5) is 0 Å². The smallest absolute Gasteiger partial charge is 0.114 e. The van der Waals surface area contributed by atoms with E-state index in [9.17, 15) is 0 Å². The molecule has 0 aliphatic carbocycles. The van der Waals surface area contributed by atoms with Gasteiger partial charge in [-0.3, -0.25) is 0 Å². The van der Waals surface area contributed by atoms with Gasteiger partial charge in [0.2, 0.25) is 0 Å². The third kappa shape index (κ3) is 2.24. The summed E-state index contributed by atoms with van der Waals surface area (Å²) in [5.41, 5.74) is 1.80. The Morgan fingerprint density at radius 1 is 1.13 bits per heavy atom. The molecular weight excluding hydrogens is 182 g/mol. The van der Waals surface area contributed by atoms with Gasteiger partial charge in [0.25, 0.3) is 0 Å². The third-order valence-corrected chi connectivity index (χ3v) is 2.05. The normalized spacial score (nSPS) is 10.2. The highest BCUT2D eigenvalue weighted by Gasteiger charge is 1.93. The molecule has 0 N–H and O–H groups in total. The largest absolute Gasteiger partial charge is 0.239 e. The van der Waals surface area contributed by atoms with Crippen molar-refractivity contribution in [2.24, 2.45) is 0 Å². The number of para-hydroxylation sites is 1. The average Bonchev–Trinajstić information content (AvgIpc) is 2.29. The highest BCUT2D eigenvalue weighted by atomic mass is 14.7. The van der Waals surface area contributed by atoms with Crippen LogP contribution >= 0.6 is 0 Å². The lowest BCUT2D eigenvalue weighted by atomic mass is 10.2. The van der Waals surface area contributed by atoms with Crippen LogP contribution in [0.2, 0.25) is 0 Å².